The average Bonchev–Trinajstić information content (AvgIpc) is 3.16. The Morgan fingerprint density at radius 3 is 2.74 bits per heavy atom. The molecule has 0 aliphatic heterocycles. The number of rotatable bonds is 6. The summed E-state index contributed by atoms with van der Waals surface area (Å²) in [6.45, 7) is 0.482. The van der Waals surface area contributed by atoms with Crippen molar-refractivity contribution in [3.05, 3.63) is 56.7 Å². The fourth-order valence-electron chi connectivity index (χ4n) is 3.77. The van der Waals surface area contributed by atoms with E-state index in [9.17, 15) is 14.4 Å². The second-order valence-electron chi connectivity index (χ2n) is 7.39. The molecule has 0 saturated carbocycles. The van der Waals surface area contributed by atoms with Gasteiger partial charge in [0.25, 0.3) is 5.56 Å². The van der Waals surface area contributed by atoms with E-state index >= 15 is 0 Å². The first-order chi connectivity index (χ1) is 15.1. The number of carbonyl (C=O) groups excluding carboxylic acids is 2. The summed E-state index contributed by atoms with van der Waals surface area (Å²) in [6, 6.07) is 9.44. The van der Waals surface area contributed by atoms with Gasteiger partial charge >= 0.3 is 6.03 Å². The summed E-state index contributed by atoms with van der Waals surface area (Å²) < 4.78 is 1.69. The lowest BCUT2D eigenvalue weighted by molar-refractivity contribution is -0.117. The summed E-state index contributed by atoms with van der Waals surface area (Å²) in [5.41, 5.74) is 2.26. The van der Waals surface area contributed by atoms with E-state index in [4.69, 9.17) is 4.98 Å². The number of amides is 3. The van der Waals surface area contributed by atoms with Gasteiger partial charge in [-0.05, 0) is 43.2 Å². The monoisotopic (exact) mass is 456 g/mol. The van der Waals surface area contributed by atoms with Crippen LogP contribution in [0.5, 0.6) is 0 Å². The third-order valence-corrected chi connectivity index (χ3v) is 7.48. The molecular weight excluding hydrogens is 432 g/mol. The minimum absolute atomic E-state index is 0.00178. The Morgan fingerprint density at radius 1 is 1.19 bits per heavy atom. The Morgan fingerprint density at radius 2 is 1.97 bits per heavy atom. The summed E-state index contributed by atoms with van der Waals surface area (Å²) >= 11 is 2.78. The number of benzene rings is 1. The first-order valence-electron chi connectivity index (χ1n) is 10.3. The van der Waals surface area contributed by atoms with Crippen molar-refractivity contribution in [1.82, 2.24) is 20.2 Å². The standard InChI is InChI=1S/C22H24N4O3S2/c1-23-21(29)24-17(27)13-30-22-25-19-18(15-9-5-6-10-16(15)31-19)20(28)26(22)12-11-14-7-3-2-4-8-14/h2-4,7-8H,5-6,9-13H2,1H3,(H2,23,24,27,29). The highest BCUT2D eigenvalue weighted by Gasteiger charge is 2.22. The molecule has 0 unspecified atom stereocenters. The maximum atomic E-state index is 13.5. The maximum absolute atomic E-state index is 13.5. The summed E-state index contributed by atoms with van der Waals surface area (Å²) in [5.74, 6) is -0.430. The molecule has 3 aromatic rings. The van der Waals surface area contributed by atoms with Crippen LogP contribution < -0.4 is 16.2 Å². The van der Waals surface area contributed by atoms with Crippen LogP contribution in [0.4, 0.5) is 4.79 Å². The minimum Gasteiger partial charge on any atom is -0.341 e. The molecule has 1 aliphatic rings. The van der Waals surface area contributed by atoms with Crippen LogP contribution in [0.1, 0.15) is 28.8 Å². The molecule has 4 rings (SSSR count). The highest BCUT2D eigenvalue weighted by Crippen LogP contribution is 2.34. The molecule has 1 aliphatic carbocycles. The summed E-state index contributed by atoms with van der Waals surface area (Å²) in [6.07, 6.45) is 4.85. The molecule has 3 amide bonds. The van der Waals surface area contributed by atoms with E-state index < -0.39 is 11.9 Å². The molecule has 1 aromatic carbocycles. The smallest absolute Gasteiger partial charge is 0.321 e. The number of aromatic nitrogens is 2. The fourth-order valence-corrected chi connectivity index (χ4v) is 5.90. The molecule has 162 valence electrons. The lowest BCUT2D eigenvalue weighted by Gasteiger charge is -2.13. The second-order valence-corrected chi connectivity index (χ2v) is 9.42. The second kappa shape index (κ2) is 9.65. The predicted molar refractivity (Wildman–Crippen MR) is 124 cm³/mol. The van der Waals surface area contributed by atoms with Gasteiger partial charge in [-0.3, -0.25) is 19.5 Å². The maximum Gasteiger partial charge on any atom is 0.321 e. The Kier molecular flexibility index (Phi) is 6.72. The topological polar surface area (TPSA) is 93.1 Å². The van der Waals surface area contributed by atoms with Gasteiger partial charge in [0, 0.05) is 18.5 Å². The van der Waals surface area contributed by atoms with Crippen molar-refractivity contribution >= 4 is 45.3 Å². The number of aryl methyl sites for hydroxylation is 3. The Hall–Kier alpha value is -2.65. The van der Waals surface area contributed by atoms with Crippen molar-refractivity contribution in [3.63, 3.8) is 0 Å². The van der Waals surface area contributed by atoms with Crippen LogP contribution in [0.15, 0.2) is 40.3 Å². The van der Waals surface area contributed by atoms with Crippen molar-refractivity contribution in [1.29, 1.82) is 0 Å². The Labute approximate surface area is 188 Å². The quantitative estimate of drug-likeness (QED) is 0.439. The van der Waals surface area contributed by atoms with Gasteiger partial charge in [0.15, 0.2) is 5.16 Å². The first-order valence-corrected chi connectivity index (χ1v) is 12.1. The van der Waals surface area contributed by atoms with Crippen LogP contribution in [0.25, 0.3) is 10.2 Å². The minimum atomic E-state index is -0.554. The molecule has 2 heterocycles. The number of thioether (sulfide) groups is 1. The molecule has 0 bridgehead atoms. The van der Waals surface area contributed by atoms with Gasteiger partial charge in [0.1, 0.15) is 4.83 Å². The normalized spacial score (nSPS) is 13.1. The molecular formula is C22H24N4O3S2. The Bertz CT molecular complexity index is 1170. The van der Waals surface area contributed by atoms with Gasteiger partial charge in [-0.1, -0.05) is 42.1 Å². The number of hydrogen-bond donors (Lipinski definition) is 2. The van der Waals surface area contributed by atoms with Crippen molar-refractivity contribution in [2.24, 2.45) is 0 Å². The van der Waals surface area contributed by atoms with Crippen LogP contribution in [0.3, 0.4) is 0 Å². The lowest BCUT2D eigenvalue weighted by atomic mass is 9.97. The fraction of sp³-hybridized carbons (Fsp3) is 0.364. The molecule has 0 saturated heterocycles. The third-order valence-electron chi connectivity index (χ3n) is 5.32. The molecule has 0 radical (unpaired) electrons. The van der Waals surface area contributed by atoms with Crippen LogP contribution in [0, 0.1) is 0 Å². The summed E-state index contributed by atoms with van der Waals surface area (Å²) in [7, 11) is 1.45. The molecule has 0 fully saturated rings. The van der Waals surface area contributed by atoms with Gasteiger partial charge in [-0.15, -0.1) is 11.3 Å². The molecule has 31 heavy (non-hydrogen) atoms. The van der Waals surface area contributed by atoms with E-state index in [1.165, 1.54) is 23.7 Å². The number of hydrogen-bond acceptors (Lipinski definition) is 6. The van der Waals surface area contributed by atoms with Crippen LogP contribution in [-0.2, 0) is 30.6 Å². The van der Waals surface area contributed by atoms with Gasteiger partial charge in [-0.2, -0.15) is 0 Å². The average molecular weight is 457 g/mol. The van der Waals surface area contributed by atoms with Crippen molar-refractivity contribution in [2.45, 2.75) is 43.8 Å². The molecule has 2 aromatic heterocycles. The zero-order valence-corrected chi connectivity index (χ0v) is 18.9. The van der Waals surface area contributed by atoms with Crippen molar-refractivity contribution in [3.8, 4) is 0 Å². The number of imide groups is 1. The van der Waals surface area contributed by atoms with E-state index in [1.807, 2.05) is 30.3 Å². The Balaban J connectivity index is 1.67. The number of fused-ring (bicyclic) bond motifs is 3. The number of thiophene rings is 1. The van der Waals surface area contributed by atoms with Crippen LogP contribution in [0.2, 0.25) is 0 Å². The molecule has 9 heteroatoms. The highest BCUT2D eigenvalue weighted by molar-refractivity contribution is 7.99. The zero-order valence-electron chi connectivity index (χ0n) is 17.3. The van der Waals surface area contributed by atoms with E-state index in [0.29, 0.717) is 18.1 Å². The van der Waals surface area contributed by atoms with E-state index in [-0.39, 0.29) is 11.3 Å². The van der Waals surface area contributed by atoms with E-state index in [2.05, 4.69) is 10.6 Å². The van der Waals surface area contributed by atoms with Gasteiger partial charge < -0.3 is 5.32 Å². The largest absolute Gasteiger partial charge is 0.341 e. The SMILES string of the molecule is CNC(=O)NC(=O)CSc1nc2sc3c(c2c(=O)n1CCc1ccccc1)CCCC3. The number of nitrogens with zero attached hydrogens (tertiary/aromatic N) is 2. The highest BCUT2D eigenvalue weighted by atomic mass is 32.2. The first kappa shape index (κ1) is 21.6. The number of urea groups is 1. The van der Waals surface area contributed by atoms with Crippen LogP contribution >= 0.6 is 23.1 Å². The molecule has 7 nitrogen and oxygen atoms in total. The van der Waals surface area contributed by atoms with Crippen LogP contribution in [-0.4, -0.2) is 34.3 Å². The summed E-state index contributed by atoms with van der Waals surface area (Å²) in [4.78, 5) is 43.8. The summed E-state index contributed by atoms with van der Waals surface area (Å²) in [5, 5.41) is 5.86. The number of nitrogens with one attached hydrogen (secondary N) is 2. The van der Waals surface area contributed by atoms with E-state index in [1.54, 1.807) is 15.9 Å². The third kappa shape index (κ3) is 4.83. The molecule has 0 atom stereocenters. The number of carbonyl (C=O) groups is 2. The van der Waals surface area contributed by atoms with Gasteiger partial charge in [0.05, 0.1) is 11.1 Å². The van der Waals surface area contributed by atoms with E-state index in [0.717, 1.165) is 47.0 Å². The molecule has 2 N–H and O–H groups in total. The van der Waals surface area contributed by atoms with Crippen molar-refractivity contribution < 1.29 is 9.59 Å². The zero-order chi connectivity index (χ0) is 21.8. The van der Waals surface area contributed by atoms with Gasteiger partial charge in [0.2, 0.25) is 5.91 Å². The van der Waals surface area contributed by atoms with Crippen molar-refractivity contribution in [2.75, 3.05) is 12.8 Å². The molecule has 0 spiro atoms. The van der Waals surface area contributed by atoms with Gasteiger partial charge in [-0.25, -0.2) is 9.78 Å². The predicted octanol–water partition coefficient (Wildman–Crippen LogP) is 3.13. The lowest BCUT2D eigenvalue weighted by Crippen LogP contribution is -2.38.